The molecule has 0 saturated heterocycles. The highest BCUT2D eigenvalue weighted by Crippen LogP contribution is 2.33. The van der Waals surface area contributed by atoms with Gasteiger partial charge in [0.2, 0.25) is 0 Å². The predicted octanol–water partition coefficient (Wildman–Crippen LogP) is 0.217. The topological polar surface area (TPSA) is 76.0 Å². The van der Waals surface area contributed by atoms with Crippen LogP contribution >= 0.6 is 7.60 Å². The van der Waals surface area contributed by atoms with E-state index in [0.717, 1.165) is 0 Å². The molecule has 6 heteroatoms. The number of rotatable bonds is 7. The lowest BCUT2D eigenvalue weighted by Gasteiger charge is -2.05. The van der Waals surface area contributed by atoms with Crippen LogP contribution in [0.2, 0.25) is 0 Å². The fourth-order valence-electron chi connectivity index (χ4n) is 0.548. The van der Waals surface area contributed by atoms with Crippen molar-refractivity contribution in [2.75, 3.05) is 32.6 Å². The zero-order chi connectivity index (χ0) is 9.45. The zero-order valence-electron chi connectivity index (χ0n) is 7.10. The molecule has 0 atom stereocenters. The van der Waals surface area contributed by atoms with Crippen LogP contribution in [-0.4, -0.2) is 42.4 Å². The van der Waals surface area contributed by atoms with Gasteiger partial charge >= 0.3 is 7.60 Å². The smallest absolute Gasteiger partial charge is 0.327 e. The summed E-state index contributed by atoms with van der Waals surface area (Å²) < 4.78 is 20.1. The standard InChI is InChI=1S/C6H15O5P/c1-2-10-3-4-11-5-6-12(7,8)9/h2-6H2,1H3,(H2,7,8,9). The molecule has 0 unspecified atom stereocenters. The minimum absolute atomic E-state index is 0.0807. The van der Waals surface area contributed by atoms with Crippen molar-refractivity contribution in [2.24, 2.45) is 0 Å². The monoisotopic (exact) mass is 198 g/mol. The fraction of sp³-hybridized carbons (Fsp3) is 1.00. The van der Waals surface area contributed by atoms with Crippen LogP contribution in [0.1, 0.15) is 6.92 Å². The number of hydrogen-bond donors (Lipinski definition) is 2. The summed E-state index contributed by atoms with van der Waals surface area (Å²) in [6.45, 7) is 3.43. The molecule has 0 aliphatic heterocycles. The molecule has 74 valence electrons. The Morgan fingerprint density at radius 1 is 1.17 bits per heavy atom. The first-order valence-corrected chi connectivity index (χ1v) is 5.56. The highest BCUT2D eigenvalue weighted by atomic mass is 31.2. The Balaban J connectivity index is 3.06. The molecular weight excluding hydrogens is 183 g/mol. The van der Waals surface area contributed by atoms with Gasteiger partial charge in [-0.25, -0.2) is 0 Å². The van der Waals surface area contributed by atoms with Gasteiger partial charge in [0.25, 0.3) is 0 Å². The van der Waals surface area contributed by atoms with Gasteiger partial charge in [-0.3, -0.25) is 4.57 Å². The third kappa shape index (κ3) is 10.1. The number of hydrogen-bond acceptors (Lipinski definition) is 3. The largest absolute Gasteiger partial charge is 0.379 e. The molecular formula is C6H15O5P. The predicted molar refractivity (Wildman–Crippen MR) is 44.2 cm³/mol. The van der Waals surface area contributed by atoms with Crippen LogP contribution in [0, 0.1) is 0 Å². The summed E-state index contributed by atoms with van der Waals surface area (Å²) in [7, 11) is -3.89. The maximum absolute atomic E-state index is 10.3. The maximum Gasteiger partial charge on any atom is 0.327 e. The second kappa shape index (κ2) is 6.57. The van der Waals surface area contributed by atoms with Crippen LogP contribution in [0.5, 0.6) is 0 Å². The lowest BCUT2D eigenvalue weighted by molar-refractivity contribution is 0.0580. The van der Waals surface area contributed by atoms with E-state index in [1.165, 1.54) is 0 Å². The van der Waals surface area contributed by atoms with E-state index in [0.29, 0.717) is 19.8 Å². The van der Waals surface area contributed by atoms with E-state index in [4.69, 9.17) is 19.3 Å². The first-order valence-electron chi connectivity index (χ1n) is 3.76. The molecule has 0 aromatic carbocycles. The summed E-state index contributed by atoms with van der Waals surface area (Å²) in [5.74, 6) is 0. The third-order valence-corrected chi connectivity index (χ3v) is 1.87. The summed E-state index contributed by atoms with van der Waals surface area (Å²) in [4.78, 5) is 16.8. The molecule has 0 aromatic heterocycles. The Bertz CT molecular complexity index is 143. The van der Waals surface area contributed by atoms with E-state index in [-0.39, 0.29) is 12.8 Å². The van der Waals surface area contributed by atoms with E-state index in [2.05, 4.69) is 0 Å². The molecule has 0 spiro atoms. The van der Waals surface area contributed by atoms with Crippen molar-refractivity contribution in [3.05, 3.63) is 0 Å². The fourth-order valence-corrected chi connectivity index (χ4v) is 0.915. The molecule has 2 N–H and O–H groups in total. The van der Waals surface area contributed by atoms with Gasteiger partial charge in [-0.2, -0.15) is 0 Å². The van der Waals surface area contributed by atoms with Gasteiger partial charge in [0.15, 0.2) is 0 Å². The molecule has 0 fully saturated rings. The molecule has 5 nitrogen and oxygen atoms in total. The van der Waals surface area contributed by atoms with Gasteiger partial charge in [-0.15, -0.1) is 0 Å². The number of ether oxygens (including phenoxy) is 2. The SMILES string of the molecule is CCOCCOCCP(=O)(O)O. The first kappa shape index (κ1) is 12.1. The molecule has 0 rings (SSSR count). The highest BCUT2D eigenvalue weighted by molar-refractivity contribution is 7.51. The first-order chi connectivity index (χ1) is 5.56. The van der Waals surface area contributed by atoms with Gasteiger partial charge in [-0.1, -0.05) is 0 Å². The van der Waals surface area contributed by atoms with Crippen molar-refractivity contribution in [2.45, 2.75) is 6.92 Å². The minimum atomic E-state index is -3.89. The second-order valence-electron chi connectivity index (χ2n) is 2.20. The Morgan fingerprint density at radius 3 is 2.25 bits per heavy atom. The summed E-state index contributed by atoms with van der Waals surface area (Å²) in [6, 6.07) is 0. The summed E-state index contributed by atoms with van der Waals surface area (Å²) in [5.41, 5.74) is 0. The summed E-state index contributed by atoms with van der Waals surface area (Å²) >= 11 is 0. The molecule has 0 aliphatic rings. The Hall–Kier alpha value is 0.0700. The van der Waals surface area contributed by atoms with E-state index < -0.39 is 7.60 Å². The maximum atomic E-state index is 10.3. The molecule has 0 aliphatic carbocycles. The average molecular weight is 198 g/mol. The van der Waals surface area contributed by atoms with Crippen LogP contribution < -0.4 is 0 Å². The Kier molecular flexibility index (Phi) is 6.61. The van der Waals surface area contributed by atoms with E-state index >= 15 is 0 Å². The third-order valence-electron chi connectivity index (χ3n) is 1.10. The molecule has 0 saturated carbocycles. The van der Waals surface area contributed by atoms with Crippen molar-refractivity contribution in [3.63, 3.8) is 0 Å². The molecule has 0 heterocycles. The normalized spacial score (nSPS) is 11.9. The molecule has 0 bridgehead atoms. The van der Waals surface area contributed by atoms with Gasteiger partial charge in [-0.05, 0) is 6.92 Å². The van der Waals surface area contributed by atoms with E-state index in [1.807, 2.05) is 6.92 Å². The van der Waals surface area contributed by atoms with Crippen LogP contribution in [0.4, 0.5) is 0 Å². The van der Waals surface area contributed by atoms with Crippen molar-refractivity contribution >= 4 is 7.60 Å². The van der Waals surface area contributed by atoms with Crippen molar-refractivity contribution in [1.82, 2.24) is 0 Å². The Morgan fingerprint density at radius 2 is 1.75 bits per heavy atom. The lowest BCUT2D eigenvalue weighted by atomic mass is 10.7. The van der Waals surface area contributed by atoms with Crippen molar-refractivity contribution < 1.29 is 23.8 Å². The van der Waals surface area contributed by atoms with Crippen LogP contribution in [-0.2, 0) is 14.0 Å². The summed E-state index contributed by atoms with van der Waals surface area (Å²) in [6.07, 6.45) is -0.223. The van der Waals surface area contributed by atoms with E-state index in [1.54, 1.807) is 0 Å². The van der Waals surface area contributed by atoms with Crippen molar-refractivity contribution in [1.29, 1.82) is 0 Å². The minimum Gasteiger partial charge on any atom is -0.379 e. The molecule has 12 heavy (non-hydrogen) atoms. The quantitative estimate of drug-likeness (QED) is 0.452. The van der Waals surface area contributed by atoms with Gasteiger partial charge < -0.3 is 19.3 Å². The highest BCUT2D eigenvalue weighted by Gasteiger charge is 2.11. The van der Waals surface area contributed by atoms with E-state index in [9.17, 15) is 4.57 Å². The van der Waals surface area contributed by atoms with Crippen molar-refractivity contribution in [3.8, 4) is 0 Å². The second-order valence-corrected chi connectivity index (χ2v) is 3.97. The molecule has 0 amide bonds. The van der Waals surface area contributed by atoms with Crippen LogP contribution in [0.15, 0.2) is 0 Å². The zero-order valence-corrected chi connectivity index (χ0v) is 8.00. The van der Waals surface area contributed by atoms with Gasteiger partial charge in [0.1, 0.15) is 0 Å². The summed E-state index contributed by atoms with van der Waals surface area (Å²) in [5, 5.41) is 0. The molecule has 0 radical (unpaired) electrons. The van der Waals surface area contributed by atoms with Crippen LogP contribution in [0.25, 0.3) is 0 Å². The molecule has 0 aromatic rings. The average Bonchev–Trinajstić information content (AvgIpc) is 1.94. The lowest BCUT2D eigenvalue weighted by Crippen LogP contribution is -2.07. The Labute approximate surface area is 71.8 Å². The van der Waals surface area contributed by atoms with Gasteiger partial charge in [0, 0.05) is 6.61 Å². The van der Waals surface area contributed by atoms with Gasteiger partial charge in [0.05, 0.1) is 26.0 Å². The van der Waals surface area contributed by atoms with Crippen LogP contribution in [0.3, 0.4) is 0 Å².